The van der Waals surface area contributed by atoms with E-state index in [4.69, 9.17) is 4.42 Å². The first-order chi connectivity index (χ1) is 11.5. The fourth-order valence-electron chi connectivity index (χ4n) is 3.24. The van der Waals surface area contributed by atoms with Crippen LogP contribution in [-0.4, -0.2) is 39.8 Å². The van der Waals surface area contributed by atoms with Gasteiger partial charge in [-0.15, -0.1) is 10.2 Å². The van der Waals surface area contributed by atoms with Gasteiger partial charge in [0.25, 0.3) is 5.22 Å². The molecule has 1 fully saturated rings. The molecule has 2 aromatic rings. The van der Waals surface area contributed by atoms with Crippen LogP contribution in [0.25, 0.3) is 11.5 Å². The molecule has 1 amide bonds. The predicted octanol–water partition coefficient (Wildman–Crippen LogP) is 3.64. The van der Waals surface area contributed by atoms with Crippen LogP contribution in [0.1, 0.15) is 25.8 Å². The maximum Gasteiger partial charge on any atom is 0.277 e. The third kappa shape index (κ3) is 4.17. The lowest BCUT2D eigenvalue weighted by Gasteiger charge is -2.34. The summed E-state index contributed by atoms with van der Waals surface area (Å²) in [5.41, 5.74) is 2.04. The molecule has 128 valence electrons. The van der Waals surface area contributed by atoms with E-state index in [-0.39, 0.29) is 5.91 Å². The minimum Gasteiger partial charge on any atom is -0.411 e. The highest BCUT2D eigenvalue weighted by atomic mass is 32.2. The highest BCUT2D eigenvalue weighted by Crippen LogP contribution is 2.25. The smallest absolute Gasteiger partial charge is 0.277 e. The van der Waals surface area contributed by atoms with Crippen LogP contribution in [0.2, 0.25) is 0 Å². The van der Waals surface area contributed by atoms with Crippen LogP contribution in [0.4, 0.5) is 0 Å². The molecule has 3 rings (SSSR count). The van der Waals surface area contributed by atoms with Crippen molar-refractivity contribution in [3.05, 3.63) is 29.8 Å². The van der Waals surface area contributed by atoms with E-state index >= 15 is 0 Å². The number of piperidine rings is 1. The highest BCUT2D eigenvalue weighted by Gasteiger charge is 2.25. The van der Waals surface area contributed by atoms with E-state index in [2.05, 4.69) is 24.0 Å². The van der Waals surface area contributed by atoms with Gasteiger partial charge in [-0.1, -0.05) is 43.3 Å². The zero-order valence-corrected chi connectivity index (χ0v) is 15.2. The average molecular weight is 345 g/mol. The minimum atomic E-state index is 0.147. The highest BCUT2D eigenvalue weighted by molar-refractivity contribution is 7.99. The third-order valence-electron chi connectivity index (χ3n) is 4.21. The molecule has 0 saturated carbocycles. The fraction of sp³-hybridized carbons (Fsp3) is 0.500. The molecule has 1 aliphatic rings. The predicted molar refractivity (Wildman–Crippen MR) is 94.7 cm³/mol. The van der Waals surface area contributed by atoms with E-state index in [0.29, 0.717) is 28.7 Å². The number of hydrogen-bond acceptors (Lipinski definition) is 5. The standard InChI is InChI=1S/C18H23N3O2S/c1-12-5-4-6-15(8-12)17-19-20-18(23-17)24-11-16(22)21-9-13(2)7-14(3)10-21/h4-6,8,13-14H,7,9-11H2,1-3H3. The van der Waals surface area contributed by atoms with E-state index in [1.165, 1.54) is 18.2 Å². The Morgan fingerprint density at radius 1 is 1.29 bits per heavy atom. The lowest BCUT2D eigenvalue weighted by molar-refractivity contribution is -0.130. The maximum atomic E-state index is 12.4. The molecule has 1 saturated heterocycles. The van der Waals surface area contributed by atoms with Crippen LogP contribution in [-0.2, 0) is 4.79 Å². The summed E-state index contributed by atoms with van der Waals surface area (Å²) in [7, 11) is 0. The summed E-state index contributed by atoms with van der Waals surface area (Å²) in [6.07, 6.45) is 1.19. The second-order valence-electron chi connectivity index (χ2n) is 6.78. The van der Waals surface area contributed by atoms with Crippen molar-refractivity contribution in [1.82, 2.24) is 15.1 Å². The van der Waals surface area contributed by atoms with E-state index in [1.807, 2.05) is 36.1 Å². The number of thioether (sulfide) groups is 1. The Morgan fingerprint density at radius 2 is 2.04 bits per heavy atom. The quantitative estimate of drug-likeness (QED) is 0.792. The summed E-state index contributed by atoms with van der Waals surface area (Å²) in [5.74, 6) is 2.12. The van der Waals surface area contributed by atoms with Crippen LogP contribution in [0.3, 0.4) is 0 Å². The SMILES string of the molecule is Cc1cccc(-c2nnc(SCC(=O)N3CC(C)CC(C)C3)o2)c1. The van der Waals surface area contributed by atoms with E-state index < -0.39 is 0 Å². The molecular formula is C18H23N3O2S. The molecule has 2 unspecified atom stereocenters. The molecule has 24 heavy (non-hydrogen) atoms. The molecule has 0 aliphatic carbocycles. The Morgan fingerprint density at radius 3 is 2.75 bits per heavy atom. The first-order valence-corrected chi connectivity index (χ1v) is 9.31. The minimum absolute atomic E-state index is 0.147. The Labute approximate surface area is 146 Å². The number of hydrogen-bond donors (Lipinski definition) is 0. The Hall–Kier alpha value is -1.82. The topological polar surface area (TPSA) is 59.2 Å². The molecule has 0 N–H and O–H groups in total. The summed E-state index contributed by atoms with van der Waals surface area (Å²) in [5, 5.41) is 8.57. The summed E-state index contributed by atoms with van der Waals surface area (Å²) in [6, 6.07) is 7.93. The number of benzene rings is 1. The van der Waals surface area contributed by atoms with Gasteiger partial charge in [0.1, 0.15) is 0 Å². The van der Waals surface area contributed by atoms with Crippen LogP contribution in [0.5, 0.6) is 0 Å². The molecule has 2 heterocycles. The van der Waals surface area contributed by atoms with Crippen molar-refractivity contribution in [2.45, 2.75) is 32.4 Å². The zero-order valence-electron chi connectivity index (χ0n) is 14.4. The second-order valence-corrected chi connectivity index (χ2v) is 7.70. The Kier molecular flexibility index (Phi) is 5.23. The molecule has 6 heteroatoms. The van der Waals surface area contributed by atoms with Crippen LogP contribution < -0.4 is 0 Å². The van der Waals surface area contributed by atoms with Crippen molar-refractivity contribution >= 4 is 17.7 Å². The van der Waals surface area contributed by atoms with Gasteiger partial charge in [0.05, 0.1) is 5.75 Å². The number of carbonyl (C=O) groups excluding carboxylic acids is 1. The van der Waals surface area contributed by atoms with Crippen LogP contribution in [0.15, 0.2) is 33.9 Å². The maximum absolute atomic E-state index is 12.4. The second kappa shape index (κ2) is 7.38. The Bertz CT molecular complexity index is 706. The third-order valence-corrected chi connectivity index (χ3v) is 5.02. The normalized spacial score (nSPS) is 21.0. The average Bonchev–Trinajstić information content (AvgIpc) is 3.00. The molecule has 0 bridgehead atoms. The van der Waals surface area contributed by atoms with Crippen molar-refractivity contribution in [3.63, 3.8) is 0 Å². The van der Waals surface area contributed by atoms with Gasteiger partial charge in [-0.2, -0.15) is 0 Å². The van der Waals surface area contributed by atoms with Crippen molar-refractivity contribution in [2.75, 3.05) is 18.8 Å². The summed E-state index contributed by atoms with van der Waals surface area (Å²) < 4.78 is 5.67. The van der Waals surface area contributed by atoms with Gasteiger partial charge in [0.15, 0.2) is 0 Å². The molecular weight excluding hydrogens is 322 g/mol. The summed E-state index contributed by atoms with van der Waals surface area (Å²) >= 11 is 1.31. The van der Waals surface area contributed by atoms with Gasteiger partial charge < -0.3 is 9.32 Å². The molecule has 5 nitrogen and oxygen atoms in total. The summed E-state index contributed by atoms with van der Waals surface area (Å²) in [4.78, 5) is 14.4. The number of amides is 1. The van der Waals surface area contributed by atoms with Crippen LogP contribution in [0, 0.1) is 18.8 Å². The van der Waals surface area contributed by atoms with E-state index in [0.717, 1.165) is 24.2 Å². The van der Waals surface area contributed by atoms with E-state index in [1.54, 1.807) is 0 Å². The summed E-state index contributed by atoms with van der Waals surface area (Å²) in [6.45, 7) is 8.13. The molecule has 0 radical (unpaired) electrons. The largest absolute Gasteiger partial charge is 0.411 e. The van der Waals surface area contributed by atoms with Crippen LogP contribution >= 0.6 is 11.8 Å². The van der Waals surface area contributed by atoms with Gasteiger partial charge in [-0.25, -0.2) is 0 Å². The van der Waals surface area contributed by atoms with Crippen molar-refractivity contribution in [2.24, 2.45) is 11.8 Å². The van der Waals surface area contributed by atoms with Crippen molar-refractivity contribution in [3.8, 4) is 11.5 Å². The molecule has 2 atom stereocenters. The Balaban J connectivity index is 1.58. The number of carbonyl (C=O) groups is 1. The number of rotatable bonds is 4. The lowest BCUT2D eigenvalue weighted by atomic mass is 9.92. The van der Waals surface area contributed by atoms with Gasteiger partial charge in [0.2, 0.25) is 11.8 Å². The van der Waals surface area contributed by atoms with Gasteiger partial charge in [0, 0.05) is 18.7 Å². The molecule has 1 aromatic carbocycles. The first-order valence-electron chi connectivity index (χ1n) is 8.32. The van der Waals surface area contributed by atoms with Crippen molar-refractivity contribution < 1.29 is 9.21 Å². The van der Waals surface area contributed by atoms with Crippen molar-refractivity contribution in [1.29, 1.82) is 0 Å². The number of aryl methyl sites for hydroxylation is 1. The lowest BCUT2D eigenvalue weighted by Crippen LogP contribution is -2.43. The first kappa shape index (κ1) is 17.0. The van der Waals surface area contributed by atoms with Gasteiger partial charge >= 0.3 is 0 Å². The van der Waals surface area contributed by atoms with E-state index in [9.17, 15) is 4.79 Å². The van der Waals surface area contributed by atoms with Gasteiger partial charge in [-0.3, -0.25) is 4.79 Å². The number of likely N-dealkylation sites (tertiary alicyclic amines) is 1. The number of aromatic nitrogens is 2. The fourth-order valence-corrected chi connectivity index (χ4v) is 3.91. The molecule has 1 aromatic heterocycles. The molecule has 0 spiro atoms. The zero-order chi connectivity index (χ0) is 17.1. The van der Waals surface area contributed by atoms with Gasteiger partial charge in [-0.05, 0) is 37.3 Å². The monoisotopic (exact) mass is 345 g/mol. The molecule has 1 aliphatic heterocycles. The number of nitrogens with zero attached hydrogens (tertiary/aromatic N) is 3.